The van der Waals surface area contributed by atoms with Crippen molar-refractivity contribution in [3.05, 3.63) is 115 Å². The maximum atomic E-state index is 14.0. The molecule has 24 heteroatoms. The first-order valence-corrected chi connectivity index (χ1v) is 31.7. The zero-order valence-corrected chi connectivity index (χ0v) is 53.5. The van der Waals surface area contributed by atoms with E-state index in [0.717, 1.165) is 5.69 Å². The van der Waals surface area contributed by atoms with E-state index in [0.29, 0.717) is 31.4 Å². The Balaban J connectivity index is 1.61. The second kappa shape index (κ2) is 41.3. The van der Waals surface area contributed by atoms with Crippen LogP contribution in [0.15, 0.2) is 109 Å². The number of esters is 1. The minimum absolute atomic E-state index is 0.105. The fourth-order valence-electron chi connectivity index (χ4n) is 11.3. The number of aliphatic hydroxyl groups excluding tert-OH is 9. The first-order chi connectivity index (χ1) is 43.3. The molecule has 2 saturated heterocycles. The molecule has 2 bridgehead atoms. The van der Waals surface area contributed by atoms with Gasteiger partial charge in [0.05, 0.1) is 92.1 Å². The van der Waals surface area contributed by atoms with Crippen LogP contribution in [0.2, 0.25) is 0 Å². The number of fused-ring (bicyclic) bond motifs is 2. The number of hydrogen-bond acceptors (Lipinski definition) is 23. The number of amides is 1. The van der Waals surface area contributed by atoms with E-state index >= 15 is 0 Å². The van der Waals surface area contributed by atoms with Gasteiger partial charge in [0, 0.05) is 88.9 Å². The summed E-state index contributed by atoms with van der Waals surface area (Å²) in [7, 11) is 5.40. The summed E-state index contributed by atoms with van der Waals surface area (Å²) in [6.07, 6.45) is 3.85. The van der Waals surface area contributed by atoms with Gasteiger partial charge in [0.1, 0.15) is 24.3 Å². The molecule has 0 spiro atoms. The van der Waals surface area contributed by atoms with Crippen molar-refractivity contribution in [1.29, 1.82) is 0 Å². The van der Waals surface area contributed by atoms with Crippen LogP contribution in [0.4, 0.5) is 5.69 Å². The minimum atomic E-state index is -2.30. The van der Waals surface area contributed by atoms with E-state index in [2.05, 4.69) is 21.3 Å². The molecule has 24 nitrogen and oxygen atoms in total. The van der Waals surface area contributed by atoms with Gasteiger partial charge in [-0.25, -0.2) is 0 Å². The summed E-state index contributed by atoms with van der Waals surface area (Å²) in [5, 5.41) is 124. The van der Waals surface area contributed by atoms with E-state index in [1.54, 1.807) is 117 Å². The Morgan fingerprint density at radius 2 is 1.33 bits per heavy atom. The molecular weight excluding hydrogens is 1180 g/mol. The molecule has 1 aromatic rings. The van der Waals surface area contributed by atoms with Crippen LogP contribution in [0.3, 0.4) is 0 Å². The van der Waals surface area contributed by atoms with E-state index < -0.39 is 160 Å². The van der Waals surface area contributed by atoms with E-state index in [-0.39, 0.29) is 69.4 Å². The summed E-state index contributed by atoms with van der Waals surface area (Å²) in [4.78, 5) is 66.1. The fourth-order valence-corrected chi connectivity index (χ4v) is 11.3. The van der Waals surface area contributed by atoms with Crippen LogP contribution in [0.1, 0.15) is 108 Å². The third kappa shape index (κ3) is 29.1. The summed E-state index contributed by atoms with van der Waals surface area (Å²) >= 11 is 0. The van der Waals surface area contributed by atoms with Crippen LogP contribution in [0.25, 0.3) is 0 Å². The summed E-state index contributed by atoms with van der Waals surface area (Å²) in [6.45, 7) is 6.65. The maximum absolute atomic E-state index is 14.0. The van der Waals surface area contributed by atoms with Gasteiger partial charge in [-0.05, 0) is 83.3 Å². The number of likely N-dealkylation sites (N-methyl/N-ethyl adjacent to an activating group) is 1. The zero-order valence-electron chi connectivity index (χ0n) is 53.5. The number of carbonyl (C=O) groups is 5. The van der Waals surface area contributed by atoms with Gasteiger partial charge in [0.2, 0.25) is 5.91 Å². The molecule has 3 aliphatic heterocycles. The van der Waals surface area contributed by atoms with Crippen LogP contribution in [-0.4, -0.2) is 237 Å². The predicted molar refractivity (Wildman–Crippen MR) is 342 cm³/mol. The highest BCUT2D eigenvalue weighted by Gasteiger charge is 2.51. The Morgan fingerprint density at radius 1 is 0.736 bits per heavy atom. The zero-order chi connectivity index (χ0) is 67.0. The van der Waals surface area contributed by atoms with Gasteiger partial charge < -0.3 is 101 Å². The molecule has 14 unspecified atom stereocenters. The topological polar surface area (TPSA) is 376 Å². The third-order valence-electron chi connectivity index (χ3n) is 16.1. The molecule has 19 atom stereocenters. The van der Waals surface area contributed by atoms with Crippen molar-refractivity contribution in [3.63, 3.8) is 0 Å². The van der Waals surface area contributed by atoms with Crippen LogP contribution in [0, 0.1) is 17.8 Å². The van der Waals surface area contributed by atoms with Crippen molar-refractivity contribution < 1.29 is 94.0 Å². The fraction of sp³-hybridized carbons (Fsp3) is 0.627. The number of nitrogens with one attached hydrogen (secondary N) is 4. The number of cyclic esters (lactones) is 1. The van der Waals surface area contributed by atoms with Crippen molar-refractivity contribution in [1.82, 2.24) is 20.9 Å². The molecule has 510 valence electrons. The quantitative estimate of drug-likeness (QED) is 0.0383. The lowest BCUT2D eigenvalue weighted by Crippen LogP contribution is -2.63. The van der Waals surface area contributed by atoms with Gasteiger partial charge >= 0.3 is 5.97 Å². The lowest BCUT2D eigenvalue weighted by molar-refractivity contribution is -0.307. The molecule has 14 N–H and O–H groups in total. The normalized spacial score (nSPS) is 34.9. The number of benzene rings is 1. The van der Waals surface area contributed by atoms with E-state index in [4.69, 9.17) is 18.9 Å². The summed E-state index contributed by atoms with van der Waals surface area (Å²) in [6, 6.07) is 5.96. The number of ketones is 2. The molecule has 0 radical (unpaired) electrons. The minimum Gasteiger partial charge on any atom is -0.461 e. The lowest BCUT2D eigenvalue weighted by Gasteiger charge is -2.46. The largest absolute Gasteiger partial charge is 0.461 e. The maximum Gasteiger partial charge on any atom is 0.308 e. The highest BCUT2D eigenvalue weighted by molar-refractivity contribution is 5.96. The average Bonchev–Trinajstić information content (AvgIpc) is 1.50. The predicted octanol–water partition coefficient (Wildman–Crippen LogP) is 1.76. The molecule has 3 aliphatic rings. The number of anilines is 1. The van der Waals surface area contributed by atoms with Crippen LogP contribution in [-0.2, 0) is 38.1 Å². The van der Waals surface area contributed by atoms with Crippen molar-refractivity contribution in [2.24, 2.45) is 17.8 Å². The molecule has 4 rings (SSSR count). The van der Waals surface area contributed by atoms with Gasteiger partial charge in [-0.2, -0.15) is 0 Å². The van der Waals surface area contributed by atoms with Crippen molar-refractivity contribution >= 4 is 35.4 Å². The highest BCUT2D eigenvalue weighted by Crippen LogP contribution is 2.38. The second-order valence-electron chi connectivity index (χ2n) is 24.4. The van der Waals surface area contributed by atoms with Gasteiger partial charge in [0.25, 0.3) is 0 Å². The van der Waals surface area contributed by atoms with Crippen LogP contribution in [0.5, 0.6) is 0 Å². The molecule has 0 aromatic heterocycles. The van der Waals surface area contributed by atoms with E-state index in [1.807, 2.05) is 38.9 Å². The summed E-state index contributed by atoms with van der Waals surface area (Å²) < 4.78 is 24.7. The number of aldehydes is 1. The number of rotatable bonds is 20. The van der Waals surface area contributed by atoms with E-state index in [9.17, 15) is 75.0 Å². The lowest BCUT2D eigenvalue weighted by atomic mass is 9.82. The molecule has 3 heterocycles. The Hall–Kier alpha value is -5.49. The van der Waals surface area contributed by atoms with Crippen molar-refractivity contribution in [2.75, 3.05) is 59.2 Å². The molecule has 2 fully saturated rings. The number of nitrogens with zero attached hydrogens (tertiary/aromatic N) is 1. The third-order valence-corrected chi connectivity index (χ3v) is 16.1. The van der Waals surface area contributed by atoms with Crippen molar-refractivity contribution in [2.45, 2.75) is 195 Å². The first kappa shape index (κ1) is 78.0. The van der Waals surface area contributed by atoms with Crippen molar-refractivity contribution in [3.8, 4) is 0 Å². The Bertz CT molecular complexity index is 2560. The molecule has 1 amide bonds. The van der Waals surface area contributed by atoms with Gasteiger partial charge in [-0.15, -0.1) is 0 Å². The Morgan fingerprint density at radius 3 is 1.95 bits per heavy atom. The molecule has 1 aromatic carbocycles. The molecule has 0 saturated carbocycles. The van der Waals surface area contributed by atoms with Gasteiger partial charge in [-0.1, -0.05) is 98.9 Å². The molecule has 0 aliphatic carbocycles. The molecule has 91 heavy (non-hydrogen) atoms. The smallest absolute Gasteiger partial charge is 0.308 e. The standard InChI is InChI=1S/C67H103N5O19/c1-43-19-17-15-13-11-9-7-8-10-12-14-16-18-20-55(89-66-63(85)61(62(84)45(3)88-66)70-28-27-69-30-32-73)40-58-60(65(86)71-29-31-72(5)6)57(82)42-67(87,91-58)41-54(80)37-52(78)35-50(76)33-49(75)34-51(77)36-53(79)39-59(83)90-64(43)44(2)21-26-48(74)38-56(81)46-22-24-47(68-4)25-23-46/h7-20,22-25,32,43-45,48-50,52-55,57-58,60-64,66,68-70,74-76,78-80,82,84-85,87H,21,26-31,33-42H2,1-6H3,(H,71,86)/b8-7+,11-9+,12-10+,15-13+,16-14+,19-17+,20-18+/t43?,44?,45-,48?,49?,50?,52?,53?,54?,55?,57?,58?,60?,61+,62-,63+,64?,66+,67?/m0/s1. The number of aliphatic hydroxyl groups is 10. The van der Waals surface area contributed by atoms with Crippen LogP contribution >= 0.6 is 0 Å². The monoisotopic (exact) mass is 1280 g/mol. The average molecular weight is 1280 g/mol. The number of ether oxygens (including phenoxy) is 4. The van der Waals surface area contributed by atoms with E-state index in [1.165, 1.54) is 0 Å². The Kier molecular flexibility index (Phi) is 35.3. The number of carbonyl (C=O) groups excluding carboxylic acids is 5. The Labute approximate surface area is 535 Å². The second-order valence-corrected chi connectivity index (χ2v) is 24.4. The molecular formula is C67H103N5O19. The number of hydrogen-bond donors (Lipinski definition) is 14. The summed E-state index contributed by atoms with van der Waals surface area (Å²) in [5.41, 5.74) is 1.30. The van der Waals surface area contributed by atoms with Gasteiger partial charge in [-0.3, -0.25) is 19.2 Å². The number of allylic oxidation sites excluding steroid dienone is 12. The van der Waals surface area contributed by atoms with Gasteiger partial charge in [0.15, 0.2) is 17.9 Å². The number of Topliss-reactive ketones (excluding diaryl/α,β-unsaturated/α-hetero) is 2. The first-order valence-electron chi connectivity index (χ1n) is 31.7. The van der Waals surface area contributed by atoms with Crippen LogP contribution < -0.4 is 21.3 Å². The SMILES string of the molecule is CNc1ccc(C(=O)CC(O)CCC(C)C2OC(=O)CC(O)CC(=O)CC(O)CC(O)CC(O)CC(O)CC3(O)CC(O)C(C(=O)NCCN(C)C)C(CC(O[C@H]4O[C@@H](C)[C@H](O)[C@@H](NCCNCC=O)[C@H]4O)/C=C/C=C/C=C/C=C/C=C/C=C/C=C/C2C)O3)cc1. The highest BCUT2D eigenvalue weighted by atomic mass is 16.7. The summed E-state index contributed by atoms with van der Waals surface area (Å²) in [5.74, 6) is -6.54.